The lowest BCUT2D eigenvalue weighted by Crippen LogP contribution is -2.35. The fourth-order valence-electron chi connectivity index (χ4n) is 4.81. The molecule has 1 fully saturated rings. The molecule has 1 saturated carbocycles. The molecule has 2 aromatic carbocycles. The zero-order valence-corrected chi connectivity index (χ0v) is 17.2. The molecule has 5 rings (SSSR count). The van der Waals surface area contributed by atoms with Gasteiger partial charge in [-0.1, -0.05) is 25.0 Å². The van der Waals surface area contributed by atoms with Crippen LogP contribution in [0.3, 0.4) is 0 Å². The monoisotopic (exact) mass is 372 g/mol. The zero-order valence-electron chi connectivity index (χ0n) is 16.4. The van der Waals surface area contributed by atoms with E-state index < -0.39 is 0 Å². The van der Waals surface area contributed by atoms with E-state index >= 15 is 0 Å². The van der Waals surface area contributed by atoms with Crippen molar-refractivity contribution in [2.45, 2.75) is 45.4 Å². The van der Waals surface area contributed by atoms with E-state index in [0.29, 0.717) is 0 Å². The number of nitrogens with zero attached hydrogens (tertiary/aromatic N) is 1. The van der Waals surface area contributed by atoms with Crippen LogP contribution in [0.25, 0.3) is 32.1 Å². The third kappa shape index (κ3) is 2.78. The summed E-state index contributed by atoms with van der Waals surface area (Å²) in [4.78, 5) is 0. The number of aryl methyl sites for hydroxylation is 2. The van der Waals surface area contributed by atoms with Crippen LogP contribution in [0.1, 0.15) is 48.4 Å². The van der Waals surface area contributed by atoms with Gasteiger partial charge in [-0.15, -0.1) is 11.3 Å². The van der Waals surface area contributed by atoms with Crippen LogP contribution in [0.2, 0.25) is 0 Å². The molecule has 4 aromatic rings. The van der Waals surface area contributed by atoms with Gasteiger partial charge in [-0.25, -0.2) is 0 Å². The van der Waals surface area contributed by atoms with Gasteiger partial charge in [0.25, 0.3) is 0 Å². The van der Waals surface area contributed by atoms with Crippen LogP contribution >= 0.6 is 11.3 Å². The molecule has 27 heavy (non-hydrogen) atoms. The Hall–Kier alpha value is -2.19. The van der Waals surface area contributed by atoms with E-state index in [2.05, 4.69) is 73.3 Å². The van der Waals surface area contributed by atoms with E-state index in [1.807, 2.05) is 11.3 Å². The molecule has 0 bridgehead atoms. The summed E-state index contributed by atoms with van der Waals surface area (Å²) in [7, 11) is 2.20. The largest absolute Gasteiger partial charge is 0.220 e. The zero-order chi connectivity index (χ0) is 18.5. The van der Waals surface area contributed by atoms with Gasteiger partial charge in [0.1, 0.15) is 7.05 Å². The van der Waals surface area contributed by atoms with Crippen molar-refractivity contribution in [2.24, 2.45) is 7.05 Å². The van der Waals surface area contributed by atoms with Crippen LogP contribution in [0, 0.1) is 13.8 Å². The SMILES string of the molecule is Cc1cc2ccsc2cc1-c1c2ccc(C3CCCC3)cc2cc(C)[n+]1C. The van der Waals surface area contributed by atoms with Gasteiger partial charge in [0.05, 0.1) is 10.9 Å². The minimum Gasteiger partial charge on any atom is -0.198 e. The van der Waals surface area contributed by atoms with Crippen molar-refractivity contribution >= 4 is 32.2 Å². The van der Waals surface area contributed by atoms with Crippen molar-refractivity contribution in [3.05, 3.63) is 64.7 Å². The summed E-state index contributed by atoms with van der Waals surface area (Å²) in [6, 6.07) is 16.5. The number of rotatable bonds is 2. The Labute approximate surface area is 165 Å². The number of hydrogen-bond donors (Lipinski definition) is 0. The lowest BCUT2D eigenvalue weighted by Gasteiger charge is -2.14. The second-order valence-corrected chi connectivity index (χ2v) is 9.09. The summed E-state index contributed by atoms with van der Waals surface area (Å²) in [6.07, 6.45) is 5.48. The molecule has 136 valence electrons. The number of fused-ring (bicyclic) bond motifs is 2. The summed E-state index contributed by atoms with van der Waals surface area (Å²) < 4.78 is 3.73. The van der Waals surface area contributed by atoms with E-state index in [1.54, 1.807) is 0 Å². The Balaban J connectivity index is 1.76. The van der Waals surface area contributed by atoms with Crippen molar-refractivity contribution in [3.8, 4) is 11.3 Å². The number of pyridine rings is 1. The molecule has 0 spiro atoms. The van der Waals surface area contributed by atoms with Crippen molar-refractivity contribution in [1.29, 1.82) is 0 Å². The third-order valence-electron chi connectivity index (χ3n) is 6.44. The quantitative estimate of drug-likeness (QED) is 0.340. The molecule has 2 aromatic heterocycles. The van der Waals surface area contributed by atoms with E-state index in [-0.39, 0.29) is 0 Å². The average Bonchev–Trinajstić information content (AvgIpc) is 3.33. The van der Waals surface area contributed by atoms with Crippen LogP contribution < -0.4 is 4.57 Å². The molecular weight excluding hydrogens is 346 g/mol. The molecule has 0 aliphatic heterocycles. The summed E-state index contributed by atoms with van der Waals surface area (Å²) in [6.45, 7) is 4.47. The lowest BCUT2D eigenvalue weighted by molar-refractivity contribution is -0.665. The number of hydrogen-bond acceptors (Lipinski definition) is 1. The molecule has 2 heteroatoms. The Bertz CT molecular complexity index is 1160. The van der Waals surface area contributed by atoms with Crippen LogP contribution in [0.5, 0.6) is 0 Å². The summed E-state index contributed by atoms with van der Waals surface area (Å²) >= 11 is 1.83. The molecular formula is C25H26NS+. The van der Waals surface area contributed by atoms with Crippen molar-refractivity contribution < 1.29 is 4.57 Å². The molecule has 0 radical (unpaired) electrons. The summed E-state index contributed by atoms with van der Waals surface area (Å²) in [5.41, 5.74) is 6.89. The maximum Gasteiger partial charge on any atom is 0.220 e. The molecule has 0 N–H and O–H groups in total. The minimum absolute atomic E-state index is 0.760. The van der Waals surface area contributed by atoms with Gasteiger partial charge in [0.15, 0.2) is 5.69 Å². The topological polar surface area (TPSA) is 3.88 Å². The van der Waals surface area contributed by atoms with E-state index in [4.69, 9.17) is 0 Å². The highest BCUT2D eigenvalue weighted by atomic mass is 32.1. The van der Waals surface area contributed by atoms with E-state index in [1.165, 1.54) is 74.6 Å². The predicted octanol–water partition coefficient (Wildman–Crippen LogP) is 6.82. The standard InChI is InChI=1S/C25H26NS/c1-16-12-20-10-11-27-24(20)15-23(16)25-22-9-8-19(18-6-4-5-7-18)14-21(22)13-17(2)26(25)3/h8-15,18H,4-7H2,1-3H3/q+1. The highest BCUT2D eigenvalue weighted by Gasteiger charge is 2.22. The van der Waals surface area contributed by atoms with Crippen LogP contribution in [-0.4, -0.2) is 0 Å². The maximum atomic E-state index is 2.46. The predicted molar refractivity (Wildman–Crippen MR) is 117 cm³/mol. The maximum absolute atomic E-state index is 2.46. The molecule has 1 aliphatic carbocycles. The Kier molecular flexibility index (Phi) is 4.05. The average molecular weight is 373 g/mol. The first-order valence-corrected chi connectivity index (χ1v) is 10.9. The fraction of sp³-hybridized carbons (Fsp3) is 0.320. The second-order valence-electron chi connectivity index (χ2n) is 8.15. The number of thiophene rings is 1. The first-order chi connectivity index (χ1) is 13.1. The van der Waals surface area contributed by atoms with Gasteiger partial charge in [-0.3, -0.25) is 0 Å². The molecule has 1 aliphatic rings. The molecule has 0 amide bonds. The van der Waals surface area contributed by atoms with Crippen LogP contribution in [0.15, 0.2) is 47.8 Å². The van der Waals surface area contributed by atoms with Gasteiger partial charge >= 0.3 is 0 Å². The first-order valence-electron chi connectivity index (χ1n) is 10.0. The first kappa shape index (κ1) is 16.9. The Morgan fingerprint density at radius 1 is 0.926 bits per heavy atom. The van der Waals surface area contributed by atoms with Crippen molar-refractivity contribution in [1.82, 2.24) is 0 Å². The number of benzene rings is 2. The third-order valence-corrected chi connectivity index (χ3v) is 7.32. The molecule has 0 saturated heterocycles. The van der Waals surface area contributed by atoms with Crippen LogP contribution in [-0.2, 0) is 7.05 Å². The van der Waals surface area contributed by atoms with Crippen LogP contribution in [0.4, 0.5) is 0 Å². The molecule has 1 nitrogen and oxygen atoms in total. The highest BCUT2D eigenvalue weighted by molar-refractivity contribution is 7.17. The molecule has 0 unspecified atom stereocenters. The van der Waals surface area contributed by atoms with E-state index in [9.17, 15) is 0 Å². The van der Waals surface area contributed by atoms with Gasteiger partial charge in [0, 0.05) is 17.7 Å². The molecule has 2 heterocycles. The van der Waals surface area contributed by atoms with E-state index in [0.717, 1.165) is 5.92 Å². The summed E-state index contributed by atoms with van der Waals surface area (Å²) in [5, 5.41) is 6.29. The number of aromatic nitrogens is 1. The smallest absolute Gasteiger partial charge is 0.198 e. The highest BCUT2D eigenvalue weighted by Crippen LogP contribution is 2.38. The lowest BCUT2D eigenvalue weighted by atomic mass is 9.92. The van der Waals surface area contributed by atoms with Gasteiger partial charge in [0.2, 0.25) is 5.69 Å². The van der Waals surface area contributed by atoms with Gasteiger partial charge in [-0.2, -0.15) is 4.57 Å². The van der Waals surface area contributed by atoms with Crippen molar-refractivity contribution in [3.63, 3.8) is 0 Å². The summed E-state index contributed by atoms with van der Waals surface area (Å²) in [5.74, 6) is 0.760. The van der Waals surface area contributed by atoms with Gasteiger partial charge in [-0.05, 0) is 77.2 Å². The normalized spacial score (nSPS) is 15.2. The van der Waals surface area contributed by atoms with Crippen molar-refractivity contribution in [2.75, 3.05) is 0 Å². The second kappa shape index (κ2) is 6.45. The molecule has 0 atom stereocenters. The Morgan fingerprint density at radius 3 is 2.56 bits per heavy atom. The Morgan fingerprint density at radius 2 is 1.74 bits per heavy atom. The fourth-order valence-corrected chi connectivity index (χ4v) is 5.62. The minimum atomic E-state index is 0.760. The van der Waals surface area contributed by atoms with Gasteiger partial charge < -0.3 is 0 Å².